The van der Waals surface area contributed by atoms with Gasteiger partial charge in [0.05, 0.1) is 6.54 Å². The highest BCUT2D eigenvalue weighted by molar-refractivity contribution is 5.86. The number of aliphatic imine (C=N–C) groups is 1. The van der Waals surface area contributed by atoms with E-state index in [0.717, 1.165) is 31.7 Å². The molecule has 1 amide bonds. The van der Waals surface area contributed by atoms with Crippen LogP contribution in [0.5, 0.6) is 0 Å². The summed E-state index contributed by atoms with van der Waals surface area (Å²) < 4.78 is 5.60. The molecule has 0 aromatic heterocycles. The van der Waals surface area contributed by atoms with Gasteiger partial charge >= 0.3 is 0 Å². The van der Waals surface area contributed by atoms with E-state index < -0.39 is 0 Å². The van der Waals surface area contributed by atoms with Crippen molar-refractivity contribution >= 4 is 11.9 Å². The first kappa shape index (κ1) is 23.2. The van der Waals surface area contributed by atoms with Crippen molar-refractivity contribution < 1.29 is 9.53 Å². The molecule has 2 rings (SSSR count). The zero-order chi connectivity index (χ0) is 21.0. The second-order valence-corrected chi connectivity index (χ2v) is 7.83. The maximum Gasteiger partial charge on any atom is 0.242 e. The van der Waals surface area contributed by atoms with Gasteiger partial charge in [0.25, 0.3) is 0 Å². The average Bonchev–Trinajstić information content (AvgIpc) is 3.22. The second kappa shape index (κ2) is 12.5. The minimum atomic E-state index is 0.0752. The molecule has 2 N–H and O–H groups in total. The molecule has 6 heteroatoms. The summed E-state index contributed by atoms with van der Waals surface area (Å²) in [6, 6.07) is 10.1. The Bertz CT molecular complexity index is 627. The lowest BCUT2D eigenvalue weighted by Gasteiger charge is -2.30. The van der Waals surface area contributed by atoms with Gasteiger partial charge in [-0.1, -0.05) is 43.2 Å². The number of nitrogens with zero attached hydrogens (tertiary/aromatic N) is 2. The van der Waals surface area contributed by atoms with Crippen LogP contribution in [0.2, 0.25) is 0 Å². The Balaban J connectivity index is 1.81. The first-order chi connectivity index (χ1) is 14.1. The fraction of sp³-hybridized carbons (Fsp3) is 0.652. The van der Waals surface area contributed by atoms with Crippen LogP contribution < -0.4 is 10.6 Å². The summed E-state index contributed by atoms with van der Waals surface area (Å²) in [5.41, 5.74) is 1.42. The van der Waals surface area contributed by atoms with E-state index in [-0.39, 0.29) is 17.9 Å². The minimum Gasteiger partial charge on any atom is -0.382 e. The number of carbonyl (C=O) groups is 1. The highest BCUT2D eigenvalue weighted by Crippen LogP contribution is 2.40. The van der Waals surface area contributed by atoms with Crippen molar-refractivity contribution in [3.05, 3.63) is 35.9 Å². The van der Waals surface area contributed by atoms with E-state index >= 15 is 0 Å². The lowest BCUT2D eigenvalue weighted by atomic mass is 9.83. The van der Waals surface area contributed by atoms with Crippen LogP contribution in [0.25, 0.3) is 0 Å². The van der Waals surface area contributed by atoms with E-state index in [4.69, 9.17) is 4.74 Å². The van der Waals surface area contributed by atoms with Crippen LogP contribution in [0.4, 0.5) is 0 Å². The molecular weight excluding hydrogens is 364 g/mol. The lowest BCUT2D eigenvalue weighted by molar-refractivity contribution is -0.130. The highest BCUT2D eigenvalue weighted by atomic mass is 16.5. The number of guanidine groups is 1. The fourth-order valence-electron chi connectivity index (χ4n) is 4.02. The molecule has 1 saturated carbocycles. The second-order valence-electron chi connectivity index (χ2n) is 7.83. The predicted octanol–water partition coefficient (Wildman–Crippen LogP) is 3.19. The Labute approximate surface area is 176 Å². The number of hydrogen-bond donors (Lipinski definition) is 2. The van der Waals surface area contributed by atoms with Crippen LogP contribution in [0.15, 0.2) is 35.3 Å². The molecule has 0 spiro atoms. The van der Waals surface area contributed by atoms with Gasteiger partial charge in [-0.15, -0.1) is 0 Å². The average molecular weight is 403 g/mol. The zero-order valence-electron chi connectivity index (χ0n) is 18.4. The Kier molecular flexibility index (Phi) is 9.98. The number of likely N-dealkylation sites (N-methyl/N-ethyl adjacent to an activating group) is 1. The third-order valence-corrected chi connectivity index (χ3v) is 5.86. The first-order valence-electron chi connectivity index (χ1n) is 11.0. The zero-order valence-corrected chi connectivity index (χ0v) is 18.4. The molecule has 1 aromatic rings. The summed E-state index contributed by atoms with van der Waals surface area (Å²) in [5, 5.41) is 6.65. The molecule has 6 nitrogen and oxygen atoms in total. The van der Waals surface area contributed by atoms with Gasteiger partial charge in [0, 0.05) is 39.9 Å². The molecule has 1 fully saturated rings. The molecule has 0 saturated heterocycles. The van der Waals surface area contributed by atoms with E-state index in [9.17, 15) is 4.79 Å². The van der Waals surface area contributed by atoms with E-state index in [1.165, 1.54) is 25.7 Å². The molecule has 0 aliphatic heterocycles. The van der Waals surface area contributed by atoms with Crippen molar-refractivity contribution in [1.82, 2.24) is 15.5 Å². The molecule has 0 radical (unpaired) electrons. The summed E-state index contributed by atoms with van der Waals surface area (Å²) >= 11 is 0. The topological polar surface area (TPSA) is 66.0 Å². The summed E-state index contributed by atoms with van der Waals surface area (Å²) in [5.74, 6) is 0.767. The highest BCUT2D eigenvalue weighted by Gasteiger charge is 2.33. The Morgan fingerprint density at radius 1 is 1.17 bits per heavy atom. The van der Waals surface area contributed by atoms with E-state index in [1.54, 1.807) is 7.05 Å². The number of hydrogen-bond acceptors (Lipinski definition) is 3. The predicted molar refractivity (Wildman–Crippen MR) is 119 cm³/mol. The van der Waals surface area contributed by atoms with Crippen molar-refractivity contribution in [3.63, 3.8) is 0 Å². The fourth-order valence-corrected chi connectivity index (χ4v) is 4.02. The molecule has 1 aromatic carbocycles. The summed E-state index contributed by atoms with van der Waals surface area (Å²) in [6.07, 6.45) is 6.09. The van der Waals surface area contributed by atoms with Crippen LogP contribution >= 0.6 is 0 Å². The third kappa shape index (κ3) is 7.69. The monoisotopic (exact) mass is 402 g/mol. The molecule has 0 bridgehead atoms. The molecule has 1 aliphatic carbocycles. The number of amides is 1. The standard InChI is InChI=1S/C23H38N4O2/c1-4-27(18-20-11-7-6-8-12-20)21(28)17-25-22(24-3)26-19-23(13-9-10-14-23)15-16-29-5-2/h6-8,11-12H,4-5,9-10,13-19H2,1-3H3,(H2,24,25,26). The Morgan fingerprint density at radius 3 is 2.52 bits per heavy atom. The molecule has 0 atom stereocenters. The van der Waals surface area contributed by atoms with Crippen molar-refractivity contribution in [2.24, 2.45) is 10.4 Å². The van der Waals surface area contributed by atoms with Crippen LogP contribution in [0, 0.1) is 5.41 Å². The molecule has 162 valence electrons. The van der Waals surface area contributed by atoms with Crippen molar-refractivity contribution in [1.29, 1.82) is 0 Å². The van der Waals surface area contributed by atoms with E-state index in [1.807, 2.05) is 49.1 Å². The van der Waals surface area contributed by atoms with Gasteiger partial charge in [-0.2, -0.15) is 0 Å². The summed E-state index contributed by atoms with van der Waals surface area (Å²) in [7, 11) is 1.75. The molecular formula is C23H38N4O2. The van der Waals surface area contributed by atoms with Gasteiger partial charge in [0.15, 0.2) is 5.96 Å². The SMILES string of the molecule is CCOCCC1(CNC(=NC)NCC(=O)N(CC)Cc2ccccc2)CCCC1. The molecule has 0 heterocycles. The van der Waals surface area contributed by atoms with Gasteiger partial charge in [-0.05, 0) is 44.1 Å². The van der Waals surface area contributed by atoms with Crippen molar-refractivity contribution in [2.75, 3.05) is 39.9 Å². The number of benzene rings is 1. The van der Waals surface area contributed by atoms with Crippen LogP contribution in [-0.2, 0) is 16.1 Å². The van der Waals surface area contributed by atoms with Gasteiger partial charge in [0.1, 0.15) is 0 Å². The normalized spacial score (nSPS) is 15.9. The quantitative estimate of drug-likeness (QED) is 0.339. The molecule has 29 heavy (non-hydrogen) atoms. The number of ether oxygens (including phenoxy) is 1. The smallest absolute Gasteiger partial charge is 0.242 e. The van der Waals surface area contributed by atoms with Gasteiger partial charge in [0.2, 0.25) is 5.91 Å². The van der Waals surface area contributed by atoms with Gasteiger partial charge in [-0.25, -0.2) is 0 Å². The Hall–Kier alpha value is -2.08. The van der Waals surface area contributed by atoms with Crippen LogP contribution in [0.3, 0.4) is 0 Å². The first-order valence-corrected chi connectivity index (χ1v) is 11.0. The molecule has 0 unspecified atom stereocenters. The lowest BCUT2D eigenvalue weighted by Crippen LogP contribution is -2.47. The van der Waals surface area contributed by atoms with Crippen molar-refractivity contribution in [2.45, 2.75) is 52.5 Å². The summed E-state index contributed by atoms with van der Waals surface area (Å²) in [6.45, 7) is 8.06. The van der Waals surface area contributed by atoms with Crippen LogP contribution in [0.1, 0.15) is 51.5 Å². The Morgan fingerprint density at radius 2 is 1.90 bits per heavy atom. The number of nitrogens with one attached hydrogen (secondary N) is 2. The summed E-state index contributed by atoms with van der Waals surface area (Å²) in [4.78, 5) is 18.8. The number of carbonyl (C=O) groups excluding carboxylic acids is 1. The minimum absolute atomic E-state index is 0.0752. The van der Waals surface area contributed by atoms with E-state index in [2.05, 4.69) is 15.6 Å². The van der Waals surface area contributed by atoms with Gasteiger partial charge < -0.3 is 20.3 Å². The third-order valence-electron chi connectivity index (χ3n) is 5.86. The maximum absolute atomic E-state index is 12.7. The van der Waals surface area contributed by atoms with Crippen molar-refractivity contribution in [3.8, 4) is 0 Å². The van der Waals surface area contributed by atoms with Gasteiger partial charge in [-0.3, -0.25) is 9.79 Å². The number of rotatable bonds is 11. The van der Waals surface area contributed by atoms with E-state index in [0.29, 0.717) is 19.0 Å². The maximum atomic E-state index is 12.7. The van der Waals surface area contributed by atoms with Crippen LogP contribution in [-0.4, -0.2) is 56.7 Å². The largest absolute Gasteiger partial charge is 0.382 e. The molecule has 1 aliphatic rings.